The second-order valence-electron chi connectivity index (χ2n) is 5.31. The summed E-state index contributed by atoms with van der Waals surface area (Å²) in [7, 11) is 0. The monoisotopic (exact) mass is 250 g/mol. The quantitative estimate of drug-likeness (QED) is 0.864. The summed E-state index contributed by atoms with van der Waals surface area (Å²) in [5.74, 6) is -0.700. The SMILES string of the molecule is CCC(CC1CC1C(=O)O)c1ccc(C)cc1F. The van der Waals surface area contributed by atoms with Gasteiger partial charge in [-0.2, -0.15) is 0 Å². The van der Waals surface area contributed by atoms with E-state index < -0.39 is 5.97 Å². The summed E-state index contributed by atoms with van der Waals surface area (Å²) in [5.41, 5.74) is 1.65. The van der Waals surface area contributed by atoms with E-state index >= 15 is 0 Å². The van der Waals surface area contributed by atoms with Crippen LogP contribution in [0.25, 0.3) is 0 Å². The molecule has 1 aromatic carbocycles. The van der Waals surface area contributed by atoms with Crippen LogP contribution in [0.4, 0.5) is 4.39 Å². The van der Waals surface area contributed by atoms with Crippen molar-refractivity contribution in [3.63, 3.8) is 0 Å². The highest BCUT2D eigenvalue weighted by Gasteiger charge is 2.44. The van der Waals surface area contributed by atoms with Gasteiger partial charge in [0, 0.05) is 0 Å². The molecule has 0 amide bonds. The third-order valence-corrected chi connectivity index (χ3v) is 3.92. The largest absolute Gasteiger partial charge is 0.481 e. The maximum Gasteiger partial charge on any atom is 0.306 e. The Kier molecular flexibility index (Phi) is 3.69. The lowest BCUT2D eigenvalue weighted by molar-refractivity contribution is -0.138. The maximum absolute atomic E-state index is 13.9. The predicted octanol–water partition coefficient (Wildman–Crippen LogP) is 3.74. The average molecular weight is 250 g/mol. The van der Waals surface area contributed by atoms with Crippen molar-refractivity contribution in [2.24, 2.45) is 11.8 Å². The van der Waals surface area contributed by atoms with Gasteiger partial charge in [0.05, 0.1) is 5.92 Å². The van der Waals surface area contributed by atoms with E-state index in [9.17, 15) is 9.18 Å². The maximum atomic E-state index is 13.9. The Labute approximate surface area is 107 Å². The van der Waals surface area contributed by atoms with E-state index in [0.29, 0.717) is 0 Å². The van der Waals surface area contributed by atoms with Crippen LogP contribution in [0.15, 0.2) is 18.2 Å². The molecule has 0 heterocycles. The van der Waals surface area contributed by atoms with Gasteiger partial charge in [-0.25, -0.2) is 4.39 Å². The fourth-order valence-electron chi connectivity index (χ4n) is 2.65. The van der Waals surface area contributed by atoms with Crippen molar-refractivity contribution in [2.45, 2.75) is 39.0 Å². The summed E-state index contributed by atoms with van der Waals surface area (Å²) in [5, 5.41) is 8.90. The molecule has 1 fully saturated rings. The van der Waals surface area contributed by atoms with Crippen LogP contribution in [0.2, 0.25) is 0 Å². The van der Waals surface area contributed by atoms with Crippen molar-refractivity contribution in [3.8, 4) is 0 Å². The van der Waals surface area contributed by atoms with Gasteiger partial charge < -0.3 is 5.11 Å². The molecule has 0 bridgehead atoms. The number of aryl methyl sites for hydroxylation is 1. The average Bonchev–Trinajstić information content (AvgIpc) is 3.06. The Morgan fingerprint density at radius 3 is 2.78 bits per heavy atom. The first-order valence-corrected chi connectivity index (χ1v) is 6.51. The molecule has 1 N–H and O–H groups in total. The molecule has 3 heteroatoms. The van der Waals surface area contributed by atoms with Crippen molar-refractivity contribution in [3.05, 3.63) is 35.1 Å². The summed E-state index contributed by atoms with van der Waals surface area (Å²) in [6.45, 7) is 3.90. The third kappa shape index (κ3) is 2.71. The zero-order chi connectivity index (χ0) is 13.3. The minimum absolute atomic E-state index is 0.139. The number of hydrogen-bond donors (Lipinski definition) is 1. The van der Waals surface area contributed by atoms with Crippen molar-refractivity contribution in [1.29, 1.82) is 0 Å². The third-order valence-electron chi connectivity index (χ3n) is 3.92. The van der Waals surface area contributed by atoms with Gasteiger partial charge >= 0.3 is 5.97 Å². The Morgan fingerprint density at radius 1 is 1.56 bits per heavy atom. The zero-order valence-electron chi connectivity index (χ0n) is 10.8. The lowest BCUT2D eigenvalue weighted by Gasteiger charge is -2.16. The molecule has 2 rings (SSSR count). The molecule has 0 saturated heterocycles. The highest BCUT2D eigenvalue weighted by Crippen LogP contribution is 2.46. The first-order chi connectivity index (χ1) is 8.52. The lowest BCUT2D eigenvalue weighted by atomic mass is 9.89. The molecule has 1 aromatic rings. The minimum Gasteiger partial charge on any atom is -0.481 e. The van der Waals surface area contributed by atoms with Gasteiger partial charge in [0.1, 0.15) is 5.82 Å². The van der Waals surface area contributed by atoms with E-state index in [1.54, 1.807) is 6.07 Å². The molecular formula is C15H19FO2. The summed E-state index contributed by atoms with van der Waals surface area (Å²) < 4.78 is 13.9. The summed E-state index contributed by atoms with van der Waals surface area (Å²) in [4.78, 5) is 10.8. The highest BCUT2D eigenvalue weighted by molar-refractivity contribution is 5.73. The van der Waals surface area contributed by atoms with Crippen molar-refractivity contribution in [1.82, 2.24) is 0 Å². The Morgan fingerprint density at radius 2 is 2.28 bits per heavy atom. The number of rotatable bonds is 5. The van der Waals surface area contributed by atoms with Crippen LogP contribution in [-0.2, 0) is 4.79 Å². The summed E-state index contributed by atoms with van der Waals surface area (Å²) in [6, 6.07) is 5.32. The molecule has 0 spiro atoms. The molecule has 98 valence electrons. The van der Waals surface area contributed by atoms with E-state index in [-0.39, 0.29) is 23.6 Å². The number of halogens is 1. The van der Waals surface area contributed by atoms with E-state index in [1.165, 1.54) is 0 Å². The topological polar surface area (TPSA) is 37.3 Å². The van der Waals surface area contributed by atoms with Gasteiger partial charge in [-0.1, -0.05) is 19.1 Å². The molecule has 1 saturated carbocycles. The molecule has 1 aliphatic carbocycles. The minimum atomic E-state index is -0.709. The number of hydrogen-bond acceptors (Lipinski definition) is 1. The molecule has 3 unspecified atom stereocenters. The fourth-order valence-corrected chi connectivity index (χ4v) is 2.65. The van der Waals surface area contributed by atoms with Crippen LogP contribution in [0, 0.1) is 24.6 Å². The molecular weight excluding hydrogens is 231 g/mol. The van der Waals surface area contributed by atoms with Crippen LogP contribution in [0.3, 0.4) is 0 Å². The van der Waals surface area contributed by atoms with Crippen LogP contribution in [0.1, 0.15) is 43.2 Å². The van der Waals surface area contributed by atoms with E-state index in [0.717, 1.165) is 30.4 Å². The van der Waals surface area contributed by atoms with Gasteiger partial charge in [0.25, 0.3) is 0 Å². The second-order valence-corrected chi connectivity index (χ2v) is 5.31. The molecule has 3 atom stereocenters. The van der Waals surface area contributed by atoms with E-state index in [1.807, 2.05) is 26.0 Å². The van der Waals surface area contributed by atoms with E-state index in [4.69, 9.17) is 5.11 Å². The number of carboxylic acid groups (broad SMARTS) is 1. The number of carbonyl (C=O) groups is 1. The molecule has 1 aliphatic rings. The van der Waals surface area contributed by atoms with Crippen molar-refractivity contribution in [2.75, 3.05) is 0 Å². The number of aliphatic carboxylic acids is 1. The summed E-state index contributed by atoms with van der Waals surface area (Å²) >= 11 is 0. The summed E-state index contributed by atoms with van der Waals surface area (Å²) in [6.07, 6.45) is 2.38. The zero-order valence-corrected chi connectivity index (χ0v) is 10.8. The van der Waals surface area contributed by atoms with Crippen molar-refractivity contribution < 1.29 is 14.3 Å². The van der Waals surface area contributed by atoms with Crippen LogP contribution in [0.5, 0.6) is 0 Å². The Hall–Kier alpha value is -1.38. The standard InChI is InChI=1S/C15H19FO2/c1-3-10(7-11-8-13(11)15(17)18)12-5-4-9(2)6-14(12)16/h4-6,10-11,13H,3,7-8H2,1-2H3,(H,17,18). The molecule has 18 heavy (non-hydrogen) atoms. The smallest absolute Gasteiger partial charge is 0.306 e. The van der Waals surface area contributed by atoms with Crippen LogP contribution >= 0.6 is 0 Å². The molecule has 0 aliphatic heterocycles. The van der Waals surface area contributed by atoms with Gasteiger partial charge in [0.15, 0.2) is 0 Å². The first kappa shape index (κ1) is 13.1. The first-order valence-electron chi connectivity index (χ1n) is 6.51. The van der Waals surface area contributed by atoms with Gasteiger partial charge in [-0.15, -0.1) is 0 Å². The Balaban J connectivity index is 2.07. The molecule has 0 radical (unpaired) electrons. The van der Waals surface area contributed by atoms with Crippen LogP contribution < -0.4 is 0 Å². The van der Waals surface area contributed by atoms with Gasteiger partial charge in [0.2, 0.25) is 0 Å². The Bertz CT molecular complexity index is 456. The van der Waals surface area contributed by atoms with Crippen molar-refractivity contribution >= 4 is 5.97 Å². The molecule has 2 nitrogen and oxygen atoms in total. The lowest BCUT2D eigenvalue weighted by Crippen LogP contribution is -2.05. The molecule has 0 aromatic heterocycles. The number of benzene rings is 1. The normalized spacial score (nSPS) is 23.7. The predicted molar refractivity (Wildman–Crippen MR) is 68.0 cm³/mol. The van der Waals surface area contributed by atoms with E-state index in [2.05, 4.69) is 0 Å². The number of carboxylic acids is 1. The highest BCUT2D eigenvalue weighted by atomic mass is 19.1. The second kappa shape index (κ2) is 5.09. The van der Waals surface area contributed by atoms with Gasteiger partial charge in [-0.05, 0) is 55.2 Å². The fraction of sp³-hybridized carbons (Fsp3) is 0.533. The van der Waals surface area contributed by atoms with Gasteiger partial charge in [-0.3, -0.25) is 4.79 Å². The van der Waals surface area contributed by atoms with Crippen LogP contribution in [-0.4, -0.2) is 11.1 Å².